The Labute approximate surface area is 155 Å². The molecule has 3 heterocycles. The SMILES string of the molecule is Cc1cc(-c2cc(C(=O)NCC(C)CC(=O)O)c3c(C)noc3n2)c(C)o1. The van der Waals surface area contributed by atoms with Gasteiger partial charge in [-0.05, 0) is 38.8 Å². The number of carboxylic acid groups (broad SMARTS) is 1. The Morgan fingerprint density at radius 3 is 2.63 bits per heavy atom. The van der Waals surface area contributed by atoms with E-state index in [-0.39, 0.29) is 30.5 Å². The van der Waals surface area contributed by atoms with Crippen molar-refractivity contribution in [3.05, 3.63) is 34.9 Å². The van der Waals surface area contributed by atoms with Crippen molar-refractivity contribution in [2.24, 2.45) is 5.92 Å². The van der Waals surface area contributed by atoms with E-state index >= 15 is 0 Å². The van der Waals surface area contributed by atoms with E-state index in [9.17, 15) is 9.59 Å². The number of carbonyl (C=O) groups is 2. The zero-order valence-electron chi connectivity index (χ0n) is 15.6. The van der Waals surface area contributed by atoms with E-state index in [1.165, 1.54) is 0 Å². The lowest BCUT2D eigenvalue weighted by atomic mass is 10.0. The molecule has 0 saturated carbocycles. The summed E-state index contributed by atoms with van der Waals surface area (Å²) in [5.41, 5.74) is 2.54. The van der Waals surface area contributed by atoms with Gasteiger partial charge in [0, 0.05) is 18.5 Å². The largest absolute Gasteiger partial charge is 0.481 e. The van der Waals surface area contributed by atoms with Crippen LogP contribution in [0.1, 0.15) is 40.9 Å². The predicted octanol–water partition coefficient (Wildman–Crippen LogP) is 3.25. The van der Waals surface area contributed by atoms with Crippen LogP contribution < -0.4 is 5.32 Å². The molecule has 0 aliphatic heterocycles. The number of furan rings is 1. The summed E-state index contributed by atoms with van der Waals surface area (Å²) in [5, 5.41) is 16.1. The summed E-state index contributed by atoms with van der Waals surface area (Å²) in [6.45, 7) is 7.42. The van der Waals surface area contributed by atoms with Gasteiger partial charge < -0.3 is 19.4 Å². The van der Waals surface area contributed by atoms with Gasteiger partial charge in [0.15, 0.2) is 0 Å². The Hall–Kier alpha value is -3.16. The van der Waals surface area contributed by atoms with Gasteiger partial charge >= 0.3 is 5.97 Å². The van der Waals surface area contributed by atoms with E-state index < -0.39 is 5.97 Å². The summed E-state index contributed by atoms with van der Waals surface area (Å²) in [5.74, 6) is 0.0188. The van der Waals surface area contributed by atoms with Gasteiger partial charge in [0.1, 0.15) is 11.5 Å². The van der Waals surface area contributed by atoms with Crippen molar-refractivity contribution < 1.29 is 23.6 Å². The minimum absolute atomic E-state index is 0.0168. The smallest absolute Gasteiger partial charge is 0.303 e. The van der Waals surface area contributed by atoms with Crippen molar-refractivity contribution in [1.82, 2.24) is 15.5 Å². The first kappa shape index (κ1) is 18.6. The number of nitrogens with one attached hydrogen (secondary N) is 1. The van der Waals surface area contributed by atoms with Crippen molar-refractivity contribution in [2.75, 3.05) is 6.54 Å². The third kappa shape index (κ3) is 3.84. The maximum Gasteiger partial charge on any atom is 0.303 e. The van der Waals surface area contributed by atoms with Crippen LogP contribution in [0.25, 0.3) is 22.4 Å². The third-order valence-corrected chi connectivity index (χ3v) is 4.31. The van der Waals surface area contributed by atoms with E-state index in [1.807, 2.05) is 19.9 Å². The predicted molar refractivity (Wildman–Crippen MR) is 97.5 cm³/mol. The molecule has 0 fully saturated rings. The molecule has 0 aromatic carbocycles. The molecule has 2 N–H and O–H groups in total. The molecular weight excluding hydrogens is 350 g/mol. The van der Waals surface area contributed by atoms with Crippen LogP contribution in [-0.2, 0) is 4.79 Å². The highest BCUT2D eigenvalue weighted by Crippen LogP contribution is 2.30. The van der Waals surface area contributed by atoms with E-state index in [0.29, 0.717) is 28.1 Å². The summed E-state index contributed by atoms with van der Waals surface area (Å²) in [7, 11) is 0. The lowest BCUT2D eigenvalue weighted by molar-refractivity contribution is -0.137. The molecule has 0 aliphatic rings. The summed E-state index contributed by atoms with van der Waals surface area (Å²) in [4.78, 5) is 28.1. The Kier molecular flexibility index (Phi) is 4.98. The van der Waals surface area contributed by atoms with Gasteiger partial charge in [0.2, 0.25) is 0 Å². The lowest BCUT2D eigenvalue weighted by Crippen LogP contribution is -2.29. The van der Waals surface area contributed by atoms with E-state index in [2.05, 4.69) is 15.5 Å². The van der Waals surface area contributed by atoms with E-state index in [1.54, 1.807) is 19.9 Å². The number of rotatable bonds is 6. The number of amides is 1. The van der Waals surface area contributed by atoms with Crippen molar-refractivity contribution in [2.45, 2.75) is 34.1 Å². The molecule has 1 unspecified atom stereocenters. The molecular formula is C19H21N3O5. The fourth-order valence-corrected chi connectivity index (χ4v) is 3.03. The second-order valence-electron chi connectivity index (χ2n) is 6.74. The van der Waals surface area contributed by atoms with Gasteiger partial charge in [-0.1, -0.05) is 12.1 Å². The molecule has 0 saturated heterocycles. The maximum absolute atomic E-state index is 12.8. The fraction of sp³-hybridized carbons (Fsp3) is 0.368. The molecule has 3 aromatic rings. The standard InChI is InChI=1S/C19H21N3O5/c1-9(5-16(23)24)8-20-18(25)14-7-15(13-6-10(2)26-12(13)4)21-19-17(14)11(3)22-27-19/h6-7,9H,5,8H2,1-4H3,(H,20,25)(H,23,24). The quantitative estimate of drug-likeness (QED) is 0.682. The number of fused-ring (bicyclic) bond motifs is 1. The maximum atomic E-state index is 12.8. The van der Waals surface area contributed by atoms with Crippen molar-refractivity contribution in [3.8, 4) is 11.3 Å². The number of hydrogen-bond donors (Lipinski definition) is 2. The number of nitrogens with zero attached hydrogens (tertiary/aromatic N) is 2. The topological polar surface area (TPSA) is 118 Å². The number of aryl methyl sites for hydroxylation is 3. The number of pyridine rings is 1. The second kappa shape index (κ2) is 7.22. The minimum Gasteiger partial charge on any atom is -0.481 e. The number of carboxylic acids is 1. The molecule has 0 spiro atoms. The Morgan fingerprint density at radius 2 is 2.00 bits per heavy atom. The van der Waals surface area contributed by atoms with Gasteiger partial charge in [-0.3, -0.25) is 9.59 Å². The zero-order valence-corrected chi connectivity index (χ0v) is 15.6. The van der Waals surface area contributed by atoms with Gasteiger partial charge in [-0.15, -0.1) is 0 Å². The Morgan fingerprint density at radius 1 is 1.26 bits per heavy atom. The summed E-state index contributed by atoms with van der Waals surface area (Å²) < 4.78 is 10.8. The van der Waals surface area contributed by atoms with Crippen LogP contribution in [-0.4, -0.2) is 33.7 Å². The summed E-state index contributed by atoms with van der Waals surface area (Å²) in [6.07, 6.45) is -0.0168. The highest BCUT2D eigenvalue weighted by atomic mass is 16.5. The molecule has 142 valence electrons. The van der Waals surface area contributed by atoms with Crippen molar-refractivity contribution >= 4 is 23.0 Å². The second-order valence-corrected chi connectivity index (χ2v) is 6.74. The molecule has 3 rings (SSSR count). The van der Waals surface area contributed by atoms with Gasteiger partial charge in [-0.2, -0.15) is 0 Å². The van der Waals surface area contributed by atoms with Crippen LogP contribution in [0.3, 0.4) is 0 Å². The molecule has 1 atom stereocenters. The van der Waals surface area contributed by atoms with Crippen molar-refractivity contribution in [1.29, 1.82) is 0 Å². The van der Waals surface area contributed by atoms with Crippen LogP contribution in [0, 0.1) is 26.7 Å². The first-order valence-corrected chi connectivity index (χ1v) is 8.60. The fourth-order valence-electron chi connectivity index (χ4n) is 3.03. The normalized spacial score (nSPS) is 12.3. The van der Waals surface area contributed by atoms with Crippen LogP contribution >= 0.6 is 0 Å². The molecule has 8 nitrogen and oxygen atoms in total. The third-order valence-electron chi connectivity index (χ3n) is 4.31. The molecule has 0 aliphatic carbocycles. The van der Waals surface area contributed by atoms with Gasteiger partial charge in [-0.25, -0.2) is 4.98 Å². The van der Waals surface area contributed by atoms with Crippen LogP contribution in [0.4, 0.5) is 0 Å². The highest BCUT2D eigenvalue weighted by molar-refractivity contribution is 6.07. The van der Waals surface area contributed by atoms with Gasteiger partial charge in [0.05, 0.1) is 22.3 Å². The lowest BCUT2D eigenvalue weighted by Gasteiger charge is -2.11. The van der Waals surface area contributed by atoms with Crippen LogP contribution in [0.2, 0.25) is 0 Å². The molecule has 27 heavy (non-hydrogen) atoms. The molecule has 0 radical (unpaired) electrons. The van der Waals surface area contributed by atoms with E-state index in [4.69, 9.17) is 14.0 Å². The summed E-state index contributed by atoms with van der Waals surface area (Å²) >= 11 is 0. The Balaban J connectivity index is 1.98. The molecule has 8 heteroatoms. The number of aromatic nitrogens is 2. The first-order chi connectivity index (χ1) is 12.8. The Bertz CT molecular complexity index is 1020. The average Bonchev–Trinajstić information content (AvgIpc) is 3.13. The number of carbonyl (C=O) groups excluding carboxylic acids is 1. The highest BCUT2D eigenvalue weighted by Gasteiger charge is 2.21. The molecule has 0 bridgehead atoms. The number of hydrogen-bond acceptors (Lipinski definition) is 6. The monoisotopic (exact) mass is 371 g/mol. The number of aliphatic carboxylic acids is 1. The van der Waals surface area contributed by atoms with Crippen LogP contribution in [0.5, 0.6) is 0 Å². The summed E-state index contributed by atoms with van der Waals surface area (Å²) in [6, 6.07) is 3.53. The average molecular weight is 371 g/mol. The molecule has 3 aromatic heterocycles. The van der Waals surface area contributed by atoms with E-state index in [0.717, 1.165) is 11.3 Å². The first-order valence-electron chi connectivity index (χ1n) is 8.60. The minimum atomic E-state index is -0.897. The van der Waals surface area contributed by atoms with Crippen LogP contribution in [0.15, 0.2) is 21.1 Å². The molecule has 1 amide bonds. The van der Waals surface area contributed by atoms with Gasteiger partial charge in [0.25, 0.3) is 11.6 Å². The van der Waals surface area contributed by atoms with Crippen molar-refractivity contribution in [3.63, 3.8) is 0 Å². The zero-order chi connectivity index (χ0) is 19.7.